The Morgan fingerprint density at radius 2 is 2.35 bits per heavy atom. The van der Waals surface area contributed by atoms with E-state index in [9.17, 15) is 9.59 Å². The van der Waals surface area contributed by atoms with E-state index in [4.69, 9.17) is 4.74 Å². The first-order chi connectivity index (χ1) is 11.1. The lowest BCUT2D eigenvalue weighted by atomic mass is 9.83. The molecule has 4 heterocycles. The molecule has 7 heteroatoms. The third kappa shape index (κ3) is 2.43. The van der Waals surface area contributed by atoms with E-state index in [2.05, 4.69) is 14.9 Å². The highest BCUT2D eigenvalue weighted by atomic mass is 16.5. The van der Waals surface area contributed by atoms with Crippen molar-refractivity contribution in [3.8, 4) is 0 Å². The molecule has 3 aliphatic heterocycles. The molecule has 124 valence electrons. The molecule has 0 spiro atoms. The van der Waals surface area contributed by atoms with Gasteiger partial charge in [0.15, 0.2) is 0 Å². The van der Waals surface area contributed by atoms with Gasteiger partial charge < -0.3 is 19.5 Å². The fourth-order valence-electron chi connectivity index (χ4n) is 4.18. The number of likely N-dealkylation sites (tertiary alicyclic amines) is 1. The van der Waals surface area contributed by atoms with Crippen molar-refractivity contribution in [3.05, 3.63) is 17.7 Å². The summed E-state index contributed by atoms with van der Waals surface area (Å²) in [6, 6.07) is 0. The van der Waals surface area contributed by atoms with Crippen molar-refractivity contribution in [2.45, 2.75) is 38.3 Å². The molecule has 4 rings (SSSR count). The molecule has 2 unspecified atom stereocenters. The van der Waals surface area contributed by atoms with Crippen LogP contribution in [0.25, 0.3) is 0 Å². The molecule has 0 aliphatic carbocycles. The maximum Gasteiger partial charge on any atom is 0.274 e. The number of imidazole rings is 1. The second-order valence-corrected chi connectivity index (χ2v) is 6.88. The molecular formula is C16H22N4O3. The summed E-state index contributed by atoms with van der Waals surface area (Å²) in [5.41, 5.74) is 0.180. The molecule has 1 aromatic rings. The van der Waals surface area contributed by atoms with Crippen LogP contribution in [0.15, 0.2) is 6.20 Å². The topological polar surface area (TPSA) is 76.5 Å². The normalized spacial score (nSPS) is 29.3. The number of carbonyl (C=O) groups excluding carboxylic acids is 2. The number of rotatable bonds is 2. The van der Waals surface area contributed by atoms with Crippen molar-refractivity contribution in [1.29, 1.82) is 0 Å². The Hall–Kier alpha value is -1.89. The van der Waals surface area contributed by atoms with E-state index >= 15 is 0 Å². The van der Waals surface area contributed by atoms with Crippen LogP contribution in [0.1, 0.15) is 36.1 Å². The summed E-state index contributed by atoms with van der Waals surface area (Å²) in [6.45, 7) is 4.85. The fourth-order valence-corrected chi connectivity index (χ4v) is 4.18. The largest absolute Gasteiger partial charge is 0.381 e. The van der Waals surface area contributed by atoms with E-state index < -0.39 is 0 Å². The third-order valence-electron chi connectivity index (χ3n) is 5.30. The van der Waals surface area contributed by atoms with Crippen LogP contribution in [0, 0.1) is 5.92 Å². The zero-order valence-electron chi connectivity index (χ0n) is 13.4. The molecule has 1 aromatic heterocycles. The first-order valence-corrected chi connectivity index (χ1v) is 8.29. The van der Waals surface area contributed by atoms with Gasteiger partial charge in [-0.05, 0) is 12.8 Å². The number of hydrogen-bond acceptors (Lipinski definition) is 4. The van der Waals surface area contributed by atoms with Crippen LogP contribution >= 0.6 is 0 Å². The molecule has 0 radical (unpaired) electrons. The van der Waals surface area contributed by atoms with Gasteiger partial charge in [0.05, 0.1) is 12.1 Å². The van der Waals surface area contributed by atoms with Gasteiger partial charge in [-0.1, -0.05) is 0 Å². The molecule has 2 atom stereocenters. The Kier molecular flexibility index (Phi) is 3.41. The van der Waals surface area contributed by atoms with Gasteiger partial charge in [-0.2, -0.15) is 0 Å². The minimum Gasteiger partial charge on any atom is -0.381 e. The van der Waals surface area contributed by atoms with Crippen LogP contribution in [-0.4, -0.2) is 58.1 Å². The van der Waals surface area contributed by atoms with Crippen molar-refractivity contribution >= 4 is 11.8 Å². The van der Waals surface area contributed by atoms with Crippen LogP contribution in [-0.2, 0) is 22.5 Å². The lowest BCUT2D eigenvalue weighted by molar-refractivity contribution is -0.122. The second-order valence-electron chi connectivity index (χ2n) is 6.88. The summed E-state index contributed by atoms with van der Waals surface area (Å²) in [6.07, 6.45) is 4.67. The van der Waals surface area contributed by atoms with E-state index in [1.54, 1.807) is 0 Å². The molecule has 7 nitrogen and oxygen atoms in total. The van der Waals surface area contributed by atoms with Gasteiger partial charge in [0, 0.05) is 51.7 Å². The first kappa shape index (κ1) is 14.7. The first-order valence-electron chi connectivity index (χ1n) is 8.29. The number of nitrogens with one attached hydrogen (secondary N) is 1. The Bertz CT molecular complexity index is 634. The zero-order chi connectivity index (χ0) is 16.0. The zero-order valence-corrected chi connectivity index (χ0v) is 13.4. The van der Waals surface area contributed by atoms with Crippen molar-refractivity contribution < 1.29 is 14.3 Å². The van der Waals surface area contributed by atoms with Crippen LogP contribution in [0.4, 0.5) is 0 Å². The summed E-state index contributed by atoms with van der Waals surface area (Å²) in [7, 11) is 0. The molecule has 2 amide bonds. The average molecular weight is 318 g/mol. The monoisotopic (exact) mass is 318 g/mol. The quantitative estimate of drug-likeness (QED) is 0.845. The summed E-state index contributed by atoms with van der Waals surface area (Å²) in [5, 5.41) is 3.09. The van der Waals surface area contributed by atoms with Crippen LogP contribution < -0.4 is 5.32 Å². The maximum absolute atomic E-state index is 12.8. The number of fused-ring (bicyclic) bond motifs is 2. The van der Waals surface area contributed by atoms with Crippen LogP contribution in [0.5, 0.6) is 0 Å². The second kappa shape index (κ2) is 5.33. The van der Waals surface area contributed by atoms with E-state index in [1.807, 2.05) is 11.1 Å². The van der Waals surface area contributed by atoms with Crippen molar-refractivity contribution in [2.24, 2.45) is 5.92 Å². The Morgan fingerprint density at radius 3 is 3.13 bits per heavy atom. The third-order valence-corrected chi connectivity index (χ3v) is 5.30. The van der Waals surface area contributed by atoms with E-state index in [0.29, 0.717) is 32.0 Å². The summed E-state index contributed by atoms with van der Waals surface area (Å²) >= 11 is 0. The smallest absolute Gasteiger partial charge is 0.274 e. The van der Waals surface area contributed by atoms with Gasteiger partial charge in [0.25, 0.3) is 5.91 Å². The van der Waals surface area contributed by atoms with Crippen molar-refractivity contribution in [3.63, 3.8) is 0 Å². The molecule has 0 saturated carbocycles. The predicted octanol–water partition coefficient (Wildman–Crippen LogP) is 0.197. The summed E-state index contributed by atoms with van der Waals surface area (Å²) < 4.78 is 7.64. The van der Waals surface area contributed by atoms with E-state index in [-0.39, 0.29) is 23.3 Å². The van der Waals surface area contributed by atoms with Crippen LogP contribution in [0.3, 0.4) is 0 Å². The molecule has 23 heavy (non-hydrogen) atoms. The van der Waals surface area contributed by atoms with E-state index in [1.165, 1.54) is 6.92 Å². The molecule has 1 N–H and O–H groups in total. The minimum absolute atomic E-state index is 0.0361. The Labute approximate surface area is 135 Å². The number of hydrogen-bond donors (Lipinski definition) is 1. The average Bonchev–Trinajstić information content (AvgIpc) is 3.17. The highest BCUT2D eigenvalue weighted by Crippen LogP contribution is 2.35. The Morgan fingerprint density at radius 1 is 1.48 bits per heavy atom. The van der Waals surface area contributed by atoms with Gasteiger partial charge in [-0.25, -0.2) is 4.98 Å². The summed E-state index contributed by atoms with van der Waals surface area (Å²) in [4.78, 5) is 30.8. The van der Waals surface area contributed by atoms with Crippen molar-refractivity contribution in [2.75, 3.05) is 26.3 Å². The minimum atomic E-state index is -0.345. The van der Waals surface area contributed by atoms with Crippen molar-refractivity contribution in [1.82, 2.24) is 19.8 Å². The molecule has 0 bridgehead atoms. The maximum atomic E-state index is 12.8. The number of aryl methyl sites for hydroxylation is 2. The fraction of sp³-hybridized carbons (Fsp3) is 0.688. The summed E-state index contributed by atoms with van der Waals surface area (Å²) in [5.74, 6) is 1.07. The van der Waals surface area contributed by atoms with Gasteiger partial charge in [-0.3, -0.25) is 9.59 Å². The molecule has 0 aromatic carbocycles. The lowest BCUT2D eigenvalue weighted by Gasteiger charge is -2.38. The number of ether oxygens (including phenoxy) is 1. The Balaban J connectivity index is 1.55. The molecule has 3 aliphatic rings. The SMILES string of the molecule is CC(=O)NC12CCOCC1CN(C(=O)c1cn3c(n1)CCC3)C2. The van der Waals surface area contributed by atoms with Crippen LogP contribution in [0.2, 0.25) is 0 Å². The van der Waals surface area contributed by atoms with Gasteiger partial charge in [0.2, 0.25) is 5.91 Å². The highest BCUT2D eigenvalue weighted by molar-refractivity contribution is 5.92. The predicted molar refractivity (Wildman–Crippen MR) is 81.9 cm³/mol. The molecular weight excluding hydrogens is 296 g/mol. The van der Waals surface area contributed by atoms with E-state index in [0.717, 1.165) is 31.6 Å². The molecule has 2 fully saturated rings. The molecule has 2 saturated heterocycles. The lowest BCUT2D eigenvalue weighted by Crippen LogP contribution is -2.57. The number of carbonyl (C=O) groups is 2. The highest BCUT2D eigenvalue weighted by Gasteiger charge is 2.50. The number of nitrogens with zero attached hydrogens (tertiary/aromatic N) is 3. The number of aromatic nitrogens is 2. The number of amides is 2. The van der Waals surface area contributed by atoms with Gasteiger partial charge in [-0.15, -0.1) is 0 Å². The standard InChI is InChI=1S/C16H22N4O3/c1-11(21)18-16-4-6-23-9-12(16)7-20(10-16)15(22)13-8-19-5-2-3-14(19)17-13/h8,12H,2-7,9-10H2,1H3,(H,18,21). The van der Waals surface area contributed by atoms with Gasteiger partial charge >= 0.3 is 0 Å². The van der Waals surface area contributed by atoms with Gasteiger partial charge in [0.1, 0.15) is 11.5 Å².